The molecule has 2 N–H and O–H groups in total. The van der Waals surface area contributed by atoms with E-state index in [2.05, 4.69) is 26.2 Å². The third-order valence-corrected chi connectivity index (χ3v) is 4.84. The molecule has 7 nitrogen and oxygen atoms in total. The lowest BCUT2D eigenvalue weighted by Gasteiger charge is -2.30. The van der Waals surface area contributed by atoms with Gasteiger partial charge in [-0.05, 0) is 35.7 Å². The van der Waals surface area contributed by atoms with Crippen LogP contribution < -0.4 is 5.32 Å². The molecule has 2 rings (SSSR count). The van der Waals surface area contributed by atoms with Gasteiger partial charge in [0, 0.05) is 11.1 Å². The highest BCUT2D eigenvalue weighted by molar-refractivity contribution is 9.10. The van der Waals surface area contributed by atoms with Gasteiger partial charge in [-0.3, -0.25) is 14.9 Å². The summed E-state index contributed by atoms with van der Waals surface area (Å²) >= 11 is 3.32. The molecule has 0 radical (unpaired) electrons. The molecule has 114 valence electrons. The molecule has 0 aromatic carbocycles. The molecule has 1 saturated carbocycles. The maximum absolute atomic E-state index is 11.1. The summed E-state index contributed by atoms with van der Waals surface area (Å²) in [6, 6.07) is 0. The summed E-state index contributed by atoms with van der Waals surface area (Å²) in [7, 11) is 0. The third-order valence-electron chi connectivity index (χ3n) is 3.87. The predicted octanol–water partition coefficient (Wildman–Crippen LogP) is 3.26. The number of halogens is 1. The monoisotopic (exact) mass is 357 g/mol. The van der Waals surface area contributed by atoms with Crippen LogP contribution in [0.3, 0.4) is 0 Å². The summed E-state index contributed by atoms with van der Waals surface area (Å²) in [4.78, 5) is 25.6. The van der Waals surface area contributed by atoms with E-state index in [1.54, 1.807) is 6.92 Å². The number of hydrogen-bond donors (Lipinski definition) is 2. The van der Waals surface area contributed by atoms with Crippen LogP contribution in [-0.2, 0) is 4.79 Å². The minimum Gasteiger partial charge on any atom is -0.481 e. The van der Waals surface area contributed by atoms with Crippen molar-refractivity contribution in [3.8, 4) is 0 Å². The zero-order chi connectivity index (χ0) is 15.6. The molecule has 0 amide bonds. The Labute approximate surface area is 130 Å². The Balaban J connectivity index is 2.32. The number of hydrogen-bond acceptors (Lipinski definition) is 5. The van der Waals surface area contributed by atoms with E-state index in [-0.39, 0.29) is 12.1 Å². The first kappa shape index (κ1) is 15.7. The number of carboxylic acids is 1. The number of rotatable bonds is 5. The maximum Gasteiger partial charge on any atom is 0.305 e. The van der Waals surface area contributed by atoms with Crippen LogP contribution in [0.5, 0.6) is 0 Å². The Kier molecular flexibility index (Phi) is 4.46. The Bertz CT molecular complexity index is 585. The summed E-state index contributed by atoms with van der Waals surface area (Å²) in [5.41, 5.74) is -0.115. The maximum atomic E-state index is 11.1. The van der Waals surface area contributed by atoms with Gasteiger partial charge >= 0.3 is 5.97 Å². The van der Waals surface area contributed by atoms with Gasteiger partial charge in [-0.2, -0.15) is 0 Å². The Morgan fingerprint density at radius 2 is 2.19 bits per heavy atom. The van der Waals surface area contributed by atoms with Crippen LogP contribution in [0, 0.1) is 17.0 Å². The van der Waals surface area contributed by atoms with Crippen molar-refractivity contribution in [1.82, 2.24) is 4.98 Å². The molecule has 0 unspecified atom stereocenters. The largest absolute Gasteiger partial charge is 0.481 e. The highest BCUT2D eigenvalue weighted by atomic mass is 79.9. The number of pyridine rings is 1. The summed E-state index contributed by atoms with van der Waals surface area (Å²) < 4.78 is 0.508. The molecule has 1 heterocycles. The van der Waals surface area contributed by atoms with Crippen molar-refractivity contribution < 1.29 is 14.8 Å². The SMILES string of the molecule is Cc1c([N+](=O)[O-])cnc(NC2(CC(=O)O)CCCC2)c1Br. The van der Waals surface area contributed by atoms with E-state index < -0.39 is 16.4 Å². The highest BCUT2D eigenvalue weighted by Gasteiger charge is 2.37. The molecule has 0 spiro atoms. The van der Waals surface area contributed by atoms with Crippen molar-refractivity contribution in [2.75, 3.05) is 5.32 Å². The van der Waals surface area contributed by atoms with Crippen molar-refractivity contribution >= 4 is 33.4 Å². The van der Waals surface area contributed by atoms with E-state index in [0.717, 1.165) is 25.7 Å². The Hall–Kier alpha value is -1.70. The van der Waals surface area contributed by atoms with Crippen LogP contribution in [0.25, 0.3) is 0 Å². The van der Waals surface area contributed by atoms with Gasteiger partial charge in [0.1, 0.15) is 12.0 Å². The van der Waals surface area contributed by atoms with Crippen LogP contribution >= 0.6 is 15.9 Å². The Morgan fingerprint density at radius 3 is 2.71 bits per heavy atom. The van der Waals surface area contributed by atoms with E-state index in [1.807, 2.05) is 0 Å². The first-order chi connectivity index (χ1) is 9.84. The number of aromatic nitrogens is 1. The fraction of sp³-hybridized carbons (Fsp3) is 0.538. The minimum absolute atomic E-state index is 0.0111. The predicted molar refractivity (Wildman–Crippen MR) is 80.4 cm³/mol. The van der Waals surface area contributed by atoms with Crippen LogP contribution in [0.15, 0.2) is 10.7 Å². The number of anilines is 1. The highest BCUT2D eigenvalue weighted by Crippen LogP contribution is 2.39. The van der Waals surface area contributed by atoms with Crippen LogP contribution in [0.1, 0.15) is 37.7 Å². The van der Waals surface area contributed by atoms with Gasteiger partial charge in [0.05, 0.1) is 15.8 Å². The first-order valence-corrected chi connectivity index (χ1v) is 7.43. The van der Waals surface area contributed by atoms with Crippen molar-refractivity contribution in [2.24, 2.45) is 0 Å². The Morgan fingerprint density at radius 1 is 1.57 bits per heavy atom. The molecule has 0 saturated heterocycles. The molecule has 1 aliphatic carbocycles. The molecule has 1 aromatic rings. The quantitative estimate of drug-likeness (QED) is 0.618. The van der Waals surface area contributed by atoms with Gasteiger partial charge in [0.25, 0.3) is 5.69 Å². The molecule has 0 bridgehead atoms. The zero-order valence-corrected chi connectivity index (χ0v) is 13.1. The molecule has 1 fully saturated rings. The standard InChI is InChI=1S/C13H16BrN3O4/c1-8-9(17(20)21)7-15-12(11(8)14)16-13(6-10(18)19)4-2-3-5-13/h7H,2-6H2,1H3,(H,15,16)(H,18,19). The van der Waals surface area contributed by atoms with Crippen LogP contribution in [0.4, 0.5) is 11.5 Å². The van der Waals surface area contributed by atoms with Crippen molar-refractivity contribution in [3.63, 3.8) is 0 Å². The van der Waals surface area contributed by atoms with Gasteiger partial charge in [-0.1, -0.05) is 12.8 Å². The average Bonchev–Trinajstić information content (AvgIpc) is 2.82. The fourth-order valence-corrected chi connectivity index (χ4v) is 3.18. The number of nitrogens with one attached hydrogen (secondary N) is 1. The topological polar surface area (TPSA) is 105 Å². The molecule has 21 heavy (non-hydrogen) atoms. The third kappa shape index (κ3) is 3.31. The number of nitro groups is 1. The number of carbonyl (C=O) groups is 1. The van der Waals surface area contributed by atoms with Gasteiger partial charge in [-0.25, -0.2) is 4.98 Å². The second-order valence-corrected chi connectivity index (χ2v) is 6.16. The average molecular weight is 358 g/mol. The molecule has 0 atom stereocenters. The first-order valence-electron chi connectivity index (χ1n) is 6.64. The molecule has 0 aliphatic heterocycles. The molecular weight excluding hydrogens is 342 g/mol. The summed E-state index contributed by atoms with van der Waals surface area (Å²) in [6.07, 6.45) is 4.64. The lowest BCUT2D eigenvalue weighted by atomic mass is 9.93. The number of carboxylic acid groups (broad SMARTS) is 1. The smallest absolute Gasteiger partial charge is 0.305 e. The van der Waals surface area contributed by atoms with Gasteiger partial charge in [-0.15, -0.1) is 0 Å². The van der Waals surface area contributed by atoms with Crippen molar-refractivity contribution in [1.29, 1.82) is 0 Å². The lowest BCUT2D eigenvalue weighted by Crippen LogP contribution is -2.38. The molecule has 8 heteroatoms. The zero-order valence-electron chi connectivity index (χ0n) is 11.6. The second-order valence-electron chi connectivity index (χ2n) is 5.37. The molecular formula is C13H16BrN3O4. The van der Waals surface area contributed by atoms with E-state index in [9.17, 15) is 14.9 Å². The van der Waals surface area contributed by atoms with Crippen LogP contribution in [-0.4, -0.2) is 26.5 Å². The van der Waals surface area contributed by atoms with Gasteiger partial charge < -0.3 is 10.4 Å². The number of aliphatic carboxylic acids is 1. The molecule has 1 aromatic heterocycles. The summed E-state index contributed by atoms with van der Waals surface area (Å²) in [5, 5.41) is 23.2. The fourth-order valence-electron chi connectivity index (χ4n) is 2.78. The van der Waals surface area contributed by atoms with E-state index in [0.29, 0.717) is 15.9 Å². The summed E-state index contributed by atoms with van der Waals surface area (Å²) in [5.74, 6) is -0.402. The second kappa shape index (κ2) is 5.97. The van der Waals surface area contributed by atoms with Gasteiger partial charge in [0.15, 0.2) is 0 Å². The van der Waals surface area contributed by atoms with Crippen molar-refractivity contribution in [3.05, 3.63) is 26.3 Å². The molecule has 1 aliphatic rings. The van der Waals surface area contributed by atoms with E-state index in [4.69, 9.17) is 5.11 Å². The lowest BCUT2D eigenvalue weighted by molar-refractivity contribution is -0.385. The normalized spacial score (nSPS) is 16.7. The van der Waals surface area contributed by atoms with Crippen molar-refractivity contribution in [2.45, 2.75) is 44.6 Å². The summed E-state index contributed by atoms with van der Waals surface area (Å²) in [6.45, 7) is 1.63. The number of nitrogens with zero attached hydrogens (tertiary/aromatic N) is 2. The van der Waals surface area contributed by atoms with Crippen LogP contribution in [0.2, 0.25) is 0 Å². The van der Waals surface area contributed by atoms with E-state index in [1.165, 1.54) is 6.20 Å². The van der Waals surface area contributed by atoms with E-state index >= 15 is 0 Å². The van der Waals surface area contributed by atoms with Gasteiger partial charge in [0.2, 0.25) is 0 Å². The minimum atomic E-state index is -0.862.